The van der Waals surface area contributed by atoms with Gasteiger partial charge in [-0.25, -0.2) is 9.97 Å². The lowest BCUT2D eigenvalue weighted by Crippen LogP contribution is -1.88. The van der Waals surface area contributed by atoms with E-state index in [4.69, 9.17) is 0 Å². The predicted molar refractivity (Wildman–Crippen MR) is 58.9 cm³/mol. The summed E-state index contributed by atoms with van der Waals surface area (Å²) < 4.78 is 3.87. The predicted octanol–water partition coefficient (Wildman–Crippen LogP) is 2.34. The highest BCUT2D eigenvalue weighted by atomic mass is 127. The molecule has 0 atom stereocenters. The minimum atomic E-state index is 0.777. The van der Waals surface area contributed by atoms with E-state index in [1.807, 2.05) is 17.8 Å². The fourth-order valence-corrected chi connectivity index (χ4v) is 2.13. The van der Waals surface area contributed by atoms with Gasteiger partial charge < -0.3 is 4.57 Å². The normalized spacial score (nSPS) is 10.9. The Labute approximate surface area is 91.5 Å². The Morgan fingerprint density at radius 2 is 2.33 bits per heavy atom. The molecule has 0 saturated heterocycles. The number of fused-ring (bicyclic) bond motifs is 1. The van der Waals surface area contributed by atoms with Crippen molar-refractivity contribution in [2.75, 3.05) is 0 Å². The molecule has 0 aliphatic heterocycles. The standard InChI is InChI=1S/C7H5BrIN3/c1-12-3-4(9)6-7(12)10-2-5(8)11-6/h2-3H,1H3. The second-order valence-electron chi connectivity index (χ2n) is 2.45. The van der Waals surface area contributed by atoms with Crippen LogP contribution in [0.4, 0.5) is 0 Å². The second kappa shape index (κ2) is 2.95. The summed E-state index contributed by atoms with van der Waals surface area (Å²) in [4.78, 5) is 8.57. The first kappa shape index (κ1) is 8.43. The van der Waals surface area contributed by atoms with Crippen molar-refractivity contribution in [3.05, 3.63) is 20.6 Å². The largest absolute Gasteiger partial charge is 0.333 e. The third-order valence-electron chi connectivity index (χ3n) is 1.59. The zero-order valence-electron chi connectivity index (χ0n) is 6.25. The smallest absolute Gasteiger partial charge is 0.159 e. The van der Waals surface area contributed by atoms with Crippen molar-refractivity contribution in [2.45, 2.75) is 0 Å². The van der Waals surface area contributed by atoms with Gasteiger partial charge >= 0.3 is 0 Å². The molecule has 5 heteroatoms. The number of hydrogen-bond donors (Lipinski definition) is 0. The molecule has 0 bridgehead atoms. The van der Waals surface area contributed by atoms with Crippen LogP contribution in [0.5, 0.6) is 0 Å². The molecule has 3 nitrogen and oxygen atoms in total. The zero-order valence-corrected chi connectivity index (χ0v) is 10.00. The Morgan fingerprint density at radius 1 is 1.58 bits per heavy atom. The van der Waals surface area contributed by atoms with Gasteiger partial charge in [0, 0.05) is 13.2 Å². The van der Waals surface area contributed by atoms with Gasteiger partial charge in [0.2, 0.25) is 0 Å². The van der Waals surface area contributed by atoms with Crippen LogP contribution >= 0.6 is 38.5 Å². The molecule has 2 aromatic heterocycles. The molecule has 12 heavy (non-hydrogen) atoms. The maximum atomic E-state index is 4.32. The van der Waals surface area contributed by atoms with Crippen molar-refractivity contribution in [2.24, 2.45) is 7.05 Å². The molecule has 0 aliphatic rings. The SMILES string of the molecule is Cn1cc(I)c2nc(Br)cnc21. The number of rotatable bonds is 0. The van der Waals surface area contributed by atoms with Crippen LogP contribution in [0.25, 0.3) is 11.2 Å². The highest BCUT2D eigenvalue weighted by Gasteiger charge is 2.06. The maximum absolute atomic E-state index is 4.32. The van der Waals surface area contributed by atoms with Crippen LogP contribution in [0.15, 0.2) is 17.0 Å². The van der Waals surface area contributed by atoms with Crippen LogP contribution in [0, 0.1) is 3.57 Å². The summed E-state index contributed by atoms with van der Waals surface area (Å²) in [5.74, 6) is 0. The first-order chi connectivity index (χ1) is 5.68. The summed E-state index contributed by atoms with van der Waals surface area (Å²) in [6.07, 6.45) is 3.72. The van der Waals surface area contributed by atoms with E-state index >= 15 is 0 Å². The Morgan fingerprint density at radius 3 is 3.08 bits per heavy atom. The zero-order chi connectivity index (χ0) is 8.72. The number of nitrogens with zero attached hydrogens (tertiary/aromatic N) is 3. The molecule has 0 fully saturated rings. The van der Waals surface area contributed by atoms with Gasteiger partial charge in [0.15, 0.2) is 5.65 Å². The summed E-state index contributed by atoms with van der Waals surface area (Å²) in [5, 5.41) is 0. The monoisotopic (exact) mass is 337 g/mol. The van der Waals surface area contributed by atoms with E-state index in [-0.39, 0.29) is 0 Å². The Bertz CT molecular complexity index is 437. The van der Waals surface area contributed by atoms with Crippen molar-refractivity contribution in [1.82, 2.24) is 14.5 Å². The van der Waals surface area contributed by atoms with Crippen LogP contribution in [-0.2, 0) is 7.05 Å². The molecular formula is C7H5BrIN3. The van der Waals surface area contributed by atoms with E-state index in [2.05, 4.69) is 48.5 Å². The van der Waals surface area contributed by atoms with Gasteiger partial charge in [-0.3, -0.25) is 0 Å². The first-order valence-electron chi connectivity index (χ1n) is 3.31. The molecule has 62 valence electrons. The number of halogens is 2. The highest BCUT2D eigenvalue weighted by Crippen LogP contribution is 2.19. The fraction of sp³-hybridized carbons (Fsp3) is 0.143. The van der Waals surface area contributed by atoms with E-state index < -0.39 is 0 Å². The van der Waals surface area contributed by atoms with E-state index in [1.165, 1.54) is 0 Å². The van der Waals surface area contributed by atoms with Gasteiger partial charge in [-0.1, -0.05) is 0 Å². The van der Waals surface area contributed by atoms with Crippen LogP contribution in [0.1, 0.15) is 0 Å². The summed E-state index contributed by atoms with van der Waals surface area (Å²) in [6, 6.07) is 0. The quantitative estimate of drug-likeness (QED) is 0.691. The molecule has 0 aliphatic carbocycles. The Hall–Kier alpha value is -0.170. The molecular weight excluding hydrogens is 333 g/mol. The maximum Gasteiger partial charge on any atom is 0.159 e. The van der Waals surface area contributed by atoms with E-state index in [0.717, 1.165) is 19.3 Å². The number of hydrogen-bond acceptors (Lipinski definition) is 2. The van der Waals surface area contributed by atoms with Gasteiger partial charge in [0.05, 0.1) is 9.77 Å². The molecule has 0 unspecified atom stereocenters. The average molecular weight is 338 g/mol. The molecule has 0 N–H and O–H groups in total. The molecule has 0 saturated carbocycles. The Kier molecular flexibility index (Phi) is 2.07. The minimum Gasteiger partial charge on any atom is -0.333 e. The van der Waals surface area contributed by atoms with Crippen molar-refractivity contribution >= 4 is 49.7 Å². The molecule has 0 amide bonds. The number of aromatic nitrogens is 3. The molecule has 0 spiro atoms. The lowest BCUT2D eigenvalue weighted by atomic mass is 10.5. The highest BCUT2D eigenvalue weighted by molar-refractivity contribution is 14.1. The summed E-state index contributed by atoms with van der Waals surface area (Å²) in [7, 11) is 1.97. The van der Waals surface area contributed by atoms with Gasteiger partial charge in [-0.05, 0) is 38.5 Å². The van der Waals surface area contributed by atoms with Gasteiger partial charge in [0.1, 0.15) is 10.1 Å². The summed E-state index contributed by atoms with van der Waals surface area (Å²) in [6.45, 7) is 0. The van der Waals surface area contributed by atoms with Crippen LogP contribution in [0.2, 0.25) is 0 Å². The topological polar surface area (TPSA) is 30.7 Å². The lowest BCUT2D eigenvalue weighted by molar-refractivity contribution is 0.943. The third-order valence-corrected chi connectivity index (χ3v) is 2.76. The van der Waals surface area contributed by atoms with Crippen molar-refractivity contribution in [3.8, 4) is 0 Å². The van der Waals surface area contributed by atoms with Crippen LogP contribution in [0.3, 0.4) is 0 Å². The average Bonchev–Trinajstić information content (AvgIpc) is 2.28. The Balaban J connectivity index is 2.90. The van der Waals surface area contributed by atoms with Crippen molar-refractivity contribution in [1.29, 1.82) is 0 Å². The molecule has 2 heterocycles. The van der Waals surface area contributed by atoms with Crippen molar-refractivity contribution in [3.63, 3.8) is 0 Å². The molecule has 2 rings (SSSR count). The molecule has 2 aromatic rings. The van der Waals surface area contributed by atoms with E-state index in [1.54, 1.807) is 6.20 Å². The van der Waals surface area contributed by atoms with Gasteiger partial charge in [-0.2, -0.15) is 0 Å². The third kappa shape index (κ3) is 1.24. The fourth-order valence-electron chi connectivity index (χ4n) is 1.07. The van der Waals surface area contributed by atoms with E-state index in [9.17, 15) is 0 Å². The van der Waals surface area contributed by atoms with Crippen LogP contribution < -0.4 is 0 Å². The van der Waals surface area contributed by atoms with Crippen LogP contribution in [-0.4, -0.2) is 14.5 Å². The summed E-state index contributed by atoms with van der Waals surface area (Å²) in [5.41, 5.74) is 1.87. The first-order valence-corrected chi connectivity index (χ1v) is 5.19. The minimum absolute atomic E-state index is 0.777. The van der Waals surface area contributed by atoms with Crippen molar-refractivity contribution < 1.29 is 0 Å². The lowest BCUT2D eigenvalue weighted by Gasteiger charge is -1.93. The molecule has 0 aromatic carbocycles. The number of aryl methyl sites for hydroxylation is 1. The van der Waals surface area contributed by atoms with Gasteiger partial charge in [-0.15, -0.1) is 0 Å². The second-order valence-corrected chi connectivity index (χ2v) is 4.43. The van der Waals surface area contributed by atoms with Gasteiger partial charge in [0.25, 0.3) is 0 Å². The molecule has 0 radical (unpaired) electrons. The summed E-state index contributed by atoms with van der Waals surface area (Å²) >= 11 is 5.54. The van der Waals surface area contributed by atoms with E-state index in [0.29, 0.717) is 0 Å².